The zero-order valence-corrected chi connectivity index (χ0v) is 14.4. The molecule has 6 nitrogen and oxygen atoms in total. The first-order chi connectivity index (χ1) is 11.7. The van der Waals surface area contributed by atoms with Gasteiger partial charge >= 0.3 is 0 Å². The van der Waals surface area contributed by atoms with Crippen LogP contribution >= 0.6 is 0 Å². The molecular weight excluding hydrogens is 302 g/mol. The van der Waals surface area contributed by atoms with Gasteiger partial charge in [0.15, 0.2) is 0 Å². The van der Waals surface area contributed by atoms with Crippen LogP contribution in [0.25, 0.3) is 0 Å². The smallest absolute Gasteiger partial charge is 0.0870 e. The van der Waals surface area contributed by atoms with Crippen LogP contribution in [-0.2, 0) is 24.9 Å². The monoisotopic (exact) mass is 327 g/mol. The van der Waals surface area contributed by atoms with Crippen molar-refractivity contribution in [1.82, 2.24) is 24.6 Å². The lowest BCUT2D eigenvalue weighted by molar-refractivity contribution is -0.0504. The Balaban J connectivity index is 1.43. The van der Waals surface area contributed by atoms with Crippen LogP contribution < -0.4 is 0 Å². The average Bonchev–Trinajstić information content (AvgIpc) is 3.12. The van der Waals surface area contributed by atoms with Crippen molar-refractivity contribution in [1.29, 1.82) is 0 Å². The van der Waals surface area contributed by atoms with E-state index in [1.54, 1.807) is 0 Å². The largest absolute Gasteiger partial charge is 0.374 e. The number of hydrogen-bond acceptors (Lipinski definition) is 5. The van der Waals surface area contributed by atoms with Crippen molar-refractivity contribution >= 4 is 0 Å². The van der Waals surface area contributed by atoms with Crippen LogP contribution in [0.15, 0.2) is 30.7 Å². The number of aryl methyl sites for hydroxylation is 2. The van der Waals surface area contributed by atoms with Crippen LogP contribution in [0.5, 0.6) is 0 Å². The van der Waals surface area contributed by atoms with Gasteiger partial charge in [0, 0.05) is 63.9 Å². The molecule has 4 rings (SSSR count). The van der Waals surface area contributed by atoms with Crippen LogP contribution in [0.2, 0.25) is 0 Å². The highest BCUT2D eigenvalue weighted by atomic mass is 16.5. The lowest BCUT2D eigenvalue weighted by Gasteiger charge is -2.36. The molecule has 2 fully saturated rings. The minimum absolute atomic E-state index is 0.312. The Bertz CT molecular complexity index is 686. The summed E-state index contributed by atoms with van der Waals surface area (Å²) in [5, 5.41) is 4.46. The Labute approximate surface area is 143 Å². The number of morpholine rings is 1. The standard InChI is InChI=1S/C18H25N5O/c1-14-16(10-21(2)20-14)11-22-12-17-18(13-22)24-7-6-23(17)9-15-4-3-5-19-8-15/h3-5,8,10,17-18H,6-7,9,11-13H2,1-2H3/t17-,18-/m0/s1. The number of fused-ring (bicyclic) bond motifs is 1. The topological polar surface area (TPSA) is 46.4 Å². The average molecular weight is 327 g/mol. The maximum absolute atomic E-state index is 6.05. The molecule has 2 aromatic rings. The van der Waals surface area contributed by atoms with E-state index in [0.29, 0.717) is 12.1 Å². The van der Waals surface area contributed by atoms with Crippen molar-refractivity contribution in [3.63, 3.8) is 0 Å². The fraction of sp³-hybridized carbons (Fsp3) is 0.556. The summed E-state index contributed by atoms with van der Waals surface area (Å²) < 4.78 is 7.96. The first kappa shape index (κ1) is 15.7. The van der Waals surface area contributed by atoms with Crippen molar-refractivity contribution in [3.05, 3.63) is 47.5 Å². The van der Waals surface area contributed by atoms with Crippen molar-refractivity contribution in [2.24, 2.45) is 7.05 Å². The minimum Gasteiger partial charge on any atom is -0.374 e. The number of nitrogens with zero attached hydrogens (tertiary/aromatic N) is 5. The van der Waals surface area contributed by atoms with Crippen LogP contribution in [0, 0.1) is 6.92 Å². The molecule has 0 saturated carbocycles. The number of rotatable bonds is 4. The fourth-order valence-electron chi connectivity index (χ4n) is 3.93. The molecule has 2 aliphatic heterocycles. The third-order valence-corrected chi connectivity index (χ3v) is 5.11. The second-order valence-electron chi connectivity index (χ2n) is 6.92. The molecule has 0 aliphatic carbocycles. The SMILES string of the molecule is Cc1nn(C)cc1CN1C[C@@H]2OCCN(Cc3cccnc3)[C@H]2C1. The summed E-state index contributed by atoms with van der Waals surface area (Å²) in [6.45, 7) is 7.87. The van der Waals surface area contributed by atoms with Gasteiger partial charge in [0.1, 0.15) is 0 Å². The van der Waals surface area contributed by atoms with Gasteiger partial charge in [0.25, 0.3) is 0 Å². The van der Waals surface area contributed by atoms with Crippen molar-refractivity contribution in [2.75, 3.05) is 26.2 Å². The van der Waals surface area contributed by atoms with E-state index in [9.17, 15) is 0 Å². The van der Waals surface area contributed by atoms with Gasteiger partial charge in [-0.25, -0.2) is 0 Å². The van der Waals surface area contributed by atoms with E-state index in [1.165, 1.54) is 11.1 Å². The molecule has 2 aliphatic rings. The van der Waals surface area contributed by atoms with Crippen LogP contribution in [0.4, 0.5) is 0 Å². The van der Waals surface area contributed by atoms with E-state index in [2.05, 4.69) is 39.1 Å². The van der Waals surface area contributed by atoms with Gasteiger partial charge in [-0.05, 0) is 18.6 Å². The second-order valence-corrected chi connectivity index (χ2v) is 6.92. The number of pyridine rings is 1. The molecule has 0 spiro atoms. The Morgan fingerprint density at radius 3 is 2.96 bits per heavy atom. The molecule has 0 bridgehead atoms. The molecule has 2 aromatic heterocycles. The first-order valence-corrected chi connectivity index (χ1v) is 8.65. The molecule has 128 valence electrons. The molecular formula is C18H25N5O. The molecule has 2 atom stereocenters. The van der Waals surface area contributed by atoms with Gasteiger partial charge < -0.3 is 4.74 Å². The number of ether oxygens (including phenoxy) is 1. The van der Waals surface area contributed by atoms with Gasteiger partial charge in [-0.15, -0.1) is 0 Å². The zero-order valence-electron chi connectivity index (χ0n) is 14.4. The lowest BCUT2D eigenvalue weighted by atomic mass is 10.1. The summed E-state index contributed by atoms with van der Waals surface area (Å²) in [5.41, 5.74) is 3.72. The summed E-state index contributed by atoms with van der Waals surface area (Å²) in [6, 6.07) is 4.64. The Hall–Kier alpha value is -1.76. The summed E-state index contributed by atoms with van der Waals surface area (Å²) in [5.74, 6) is 0. The molecule has 4 heterocycles. The highest BCUT2D eigenvalue weighted by molar-refractivity contribution is 5.16. The summed E-state index contributed by atoms with van der Waals surface area (Å²) in [7, 11) is 1.99. The quantitative estimate of drug-likeness (QED) is 0.845. The molecule has 24 heavy (non-hydrogen) atoms. The van der Waals surface area contributed by atoms with Crippen molar-refractivity contribution in [2.45, 2.75) is 32.2 Å². The highest BCUT2D eigenvalue weighted by Crippen LogP contribution is 2.26. The van der Waals surface area contributed by atoms with E-state index in [-0.39, 0.29) is 0 Å². The molecule has 6 heteroatoms. The van der Waals surface area contributed by atoms with Crippen LogP contribution in [0.3, 0.4) is 0 Å². The number of likely N-dealkylation sites (tertiary alicyclic amines) is 1. The Morgan fingerprint density at radius 1 is 1.29 bits per heavy atom. The van der Waals surface area contributed by atoms with Gasteiger partial charge in [0.05, 0.1) is 24.4 Å². The highest BCUT2D eigenvalue weighted by Gasteiger charge is 2.40. The molecule has 0 aromatic carbocycles. The summed E-state index contributed by atoms with van der Waals surface area (Å²) >= 11 is 0. The van der Waals surface area contributed by atoms with Gasteiger partial charge in [0.2, 0.25) is 0 Å². The predicted octanol–water partition coefficient (Wildman–Crippen LogP) is 1.21. The van der Waals surface area contributed by atoms with E-state index >= 15 is 0 Å². The van der Waals surface area contributed by atoms with E-state index < -0.39 is 0 Å². The van der Waals surface area contributed by atoms with Gasteiger partial charge in [-0.2, -0.15) is 5.10 Å². The maximum atomic E-state index is 6.05. The first-order valence-electron chi connectivity index (χ1n) is 8.65. The van der Waals surface area contributed by atoms with Gasteiger partial charge in [-0.3, -0.25) is 19.5 Å². The normalized spacial score (nSPS) is 25.1. The minimum atomic E-state index is 0.312. The van der Waals surface area contributed by atoms with Gasteiger partial charge in [-0.1, -0.05) is 6.07 Å². The summed E-state index contributed by atoms with van der Waals surface area (Å²) in [4.78, 5) is 9.30. The third-order valence-electron chi connectivity index (χ3n) is 5.11. The second kappa shape index (κ2) is 6.63. The lowest BCUT2D eigenvalue weighted by Crippen LogP contribution is -2.50. The molecule has 2 saturated heterocycles. The van der Waals surface area contributed by atoms with Crippen LogP contribution in [-0.4, -0.2) is 63.0 Å². The number of hydrogen-bond donors (Lipinski definition) is 0. The summed E-state index contributed by atoms with van der Waals surface area (Å²) in [6.07, 6.45) is 6.24. The van der Waals surface area contributed by atoms with Crippen molar-refractivity contribution in [3.8, 4) is 0 Å². The Morgan fingerprint density at radius 2 is 2.21 bits per heavy atom. The van der Waals surface area contributed by atoms with Crippen molar-refractivity contribution < 1.29 is 4.74 Å². The third kappa shape index (κ3) is 3.22. The molecule has 0 radical (unpaired) electrons. The van der Waals surface area contributed by atoms with E-state index in [0.717, 1.165) is 45.0 Å². The van der Waals surface area contributed by atoms with E-state index in [1.807, 2.05) is 30.2 Å². The van der Waals surface area contributed by atoms with E-state index in [4.69, 9.17) is 4.74 Å². The zero-order chi connectivity index (χ0) is 16.5. The molecule has 0 unspecified atom stereocenters. The molecule has 0 N–H and O–H groups in total. The fourth-order valence-corrected chi connectivity index (χ4v) is 3.93. The maximum Gasteiger partial charge on any atom is 0.0870 e. The Kier molecular flexibility index (Phi) is 4.35. The van der Waals surface area contributed by atoms with Crippen LogP contribution in [0.1, 0.15) is 16.8 Å². The molecule has 0 amide bonds. The number of aromatic nitrogens is 3. The predicted molar refractivity (Wildman–Crippen MR) is 91.4 cm³/mol.